The van der Waals surface area contributed by atoms with Gasteiger partial charge in [-0.05, 0) is 49.6 Å². The van der Waals surface area contributed by atoms with Crippen LogP contribution < -0.4 is 5.32 Å². The van der Waals surface area contributed by atoms with Gasteiger partial charge in [0, 0.05) is 28.3 Å². The van der Waals surface area contributed by atoms with Gasteiger partial charge >= 0.3 is 0 Å². The van der Waals surface area contributed by atoms with Crippen LogP contribution in [0, 0.1) is 6.92 Å². The fourth-order valence-corrected chi connectivity index (χ4v) is 3.34. The van der Waals surface area contributed by atoms with Gasteiger partial charge in [-0.25, -0.2) is 0 Å². The summed E-state index contributed by atoms with van der Waals surface area (Å²) in [6.45, 7) is 2.59. The molecule has 1 aromatic carbocycles. The fraction of sp³-hybridized carbons (Fsp3) is 0.333. The van der Waals surface area contributed by atoms with Gasteiger partial charge in [-0.3, -0.25) is 9.78 Å². The minimum absolute atomic E-state index is 0.0474. The first-order valence-corrected chi connectivity index (χ1v) is 8.35. The molecule has 1 N–H and O–H groups in total. The number of hydrogen-bond acceptors (Lipinski definition) is 2. The van der Waals surface area contributed by atoms with Crippen molar-refractivity contribution in [3.8, 4) is 0 Å². The van der Waals surface area contributed by atoms with Crippen LogP contribution in [-0.4, -0.2) is 17.4 Å². The van der Waals surface area contributed by atoms with Crippen LogP contribution in [0.5, 0.6) is 0 Å². The highest BCUT2D eigenvalue weighted by Crippen LogP contribution is 2.43. The Morgan fingerprint density at radius 2 is 2.14 bits per heavy atom. The van der Waals surface area contributed by atoms with E-state index in [1.807, 2.05) is 25.1 Å². The minimum Gasteiger partial charge on any atom is -0.351 e. The van der Waals surface area contributed by atoms with Crippen molar-refractivity contribution in [2.45, 2.75) is 31.6 Å². The molecule has 0 saturated heterocycles. The third kappa shape index (κ3) is 3.07. The zero-order valence-corrected chi connectivity index (χ0v) is 14.2. The van der Waals surface area contributed by atoms with Crippen molar-refractivity contribution < 1.29 is 4.79 Å². The van der Waals surface area contributed by atoms with Crippen molar-refractivity contribution in [2.24, 2.45) is 0 Å². The largest absolute Gasteiger partial charge is 0.351 e. The summed E-state index contributed by atoms with van der Waals surface area (Å²) >= 11 is 3.54. The first kappa shape index (κ1) is 15.2. The normalized spacial score (nSPS) is 15.9. The predicted molar refractivity (Wildman–Crippen MR) is 91.0 cm³/mol. The van der Waals surface area contributed by atoms with Crippen LogP contribution in [-0.2, 0) is 5.41 Å². The first-order chi connectivity index (χ1) is 10.6. The summed E-state index contributed by atoms with van der Waals surface area (Å²) < 4.78 is 1.09. The molecule has 0 radical (unpaired) electrons. The molecule has 1 aromatic heterocycles. The molecule has 3 rings (SSSR count). The average molecular weight is 359 g/mol. The zero-order chi connectivity index (χ0) is 15.6. The van der Waals surface area contributed by atoms with E-state index in [0.29, 0.717) is 12.1 Å². The molecular weight excluding hydrogens is 340 g/mol. The molecule has 22 heavy (non-hydrogen) atoms. The van der Waals surface area contributed by atoms with Crippen LogP contribution in [0.2, 0.25) is 0 Å². The van der Waals surface area contributed by atoms with Crippen molar-refractivity contribution in [1.82, 2.24) is 10.3 Å². The van der Waals surface area contributed by atoms with Crippen molar-refractivity contribution in [3.05, 3.63) is 63.9 Å². The Morgan fingerprint density at radius 1 is 1.32 bits per heavy atom. The highest BCUT2D eigenvalue weighted by atomic mass is 79.9. The standard InChI is InChI=1S/C18H19BrN2O/c1-13-6-7-14(11-20-13)17(22)21-12-18(8-3-9-18)15-4-2-5-16(19)10-15/h2,4-7,10-11H,3,8-9,12H2,1H3,(H,21,22). The second kappa shape index (κ2) is 6.21. The van der Waals surface area contributed by atoms with Crippen LogP contribution in [0.4, 0.5) is 0 Å². The van der Waals surface area contributed by atoms with E-state index in [4.69, 9.17) is 0 Å². The second-order valence-corrected chi connectivity index (χ2v) is 6.93. The second-order valence-electron chi connectivity index (χ2n) is 6.02. The van der Waals surface area contributed by atoms with Gasteiger partial charge in [0.2, 0.25) is 0 Å². The molecule has 1 fully saturated rings. The van der Waals surface area contributed by atoms with Gasteiger partial charge in [0.15, 0.2) is 0 Å². The van der Waals surface area contributed by atoms with E-state index >= 15 is 0 Å². The molecule has 0 unspecified atom stereocenters. The summed E-state index contributed by atoms with van der Waals surface area (Å²) in [4.78, 5) is 16.5. The van der Waals surface area contributed by atoms with Gasteiger partial charge in [0.05, 0.1) is 5.56 Å². The smallest absolute Gasteiger partial charge is 0.252 e. The SMILES string of the molecule is Cc1ccc(C(=O)NCC2(c3cccc(Br)c3)CCC2)cn1. The number of aryl methyl sites for hydroxylation is 1. The third-order valence-electron chi connectivity index (χ3n) is 4.51. The molecule has 114 valence electrons. The molecule has 3 nitrogen and oxygen atoms in total. The van der Waals surface area contributed by atoms with Gasteiger partial charge in [-0.2, -0.15) is 0 Å². The fourth-order valence-electron chi connectivity index (χ4n) is 2.94. The number of carbonyl (C=O) groups excluding carboxylic acids is 1. The predicted octanol–water partition coefficient (Wildman–Crippen LogP) is 4.00. The lowest BCUT2D eigenvalue weighted by Gasteiger charge is -2.42. The van der Waals surface area contributed by atoms with Crippen LogP contribution >= 0.6 is 15.9 Å². The van der Waals surface area contributed by atoms with E-state index in [2.05, 4.69) is 44.4 Å². The lowest BCUT2D eigenvalue weighted by atomic mass is 9.64. The number of nitrogens with zero attached hydrogens (tertiary/aromatic N) is 1. The Morgan fingerprint density at radius 3 is 2.73 bits per heavy atom. The molecule has 1 heterocycles. The topological polar surface area (TPSA) is 42.0 Å². The number of pyridine rings is 1. The summed E-state index contributed by atoms with van der Waals surface area (Å²) in [5.41, 5.74) is 2.92. The molecule has 0 aliphatic heterocycles. The molecule has 1 saturated carbocycles. The van der Waals surface area contributed by atoms with E-state index in [9.17, 15) is 4.79 Å². The van der Waals surface area contributed by atoms with E-state index in [-0.39, 0.29) is 11.3 Å². The minimum atomic E-state index is -0.0474. The van der Waals surface area contributed by atoms with Crippen LogP contribution in [0.25, 0.3) is 0 Å². The number of nitrogens with one attached hydrogen (secondary N) is 1. The Labute approximate surface area is 139 Å². The van der Waals surface area contributed by atoms with Gasteiger partial charge in [0.1, 0.15) is 0 Å². The van der Waals surface area contributed by atoms with Crippen molar-refractivity contribution in [1.29, 1.82) is 0 Å². The highest BCUT2D eigenvalue weighted by molar-refractivity contribution is 9.10. The average Bonchev–Trinajstić information content (AvgIpc) is 2.47. The van der Waals surface area contributed by atoms with Crippen LogP contribution in [0.3, 0.4) is 0 Å². The van der Waals surface area contributed by atoms with Crippen molar-refractivity contribution in [3.63, 3.8) is 0 Å². The number of amides is 1. The van der Waals surface area contributed by atoms with Crippen LogP contribution in [0.15, 0.2) is 47.1 Å². The van der Waals surface area contributed by atoms with Crippen molar-refractivity contribution in [2.75, 3.05) is 6.54 Å². The number of rotatable bonds is 4. The van der Waals surface area contributed by atoms with E-state index in [1.54, 1.807) is 6.20 Å². The molecule has 1 amide bonds. The summed E-state index contributed by atoms with van der Waals surface area (Å²) in [6, 6.07) is 12.1. The van der Waals surface area contributed by atoms with Crippen molar-refractivity contribution >= 4 is 21.8 Å². The van der Waals surface area contributed by atoms with E-state index in [1.165, 1.54) is 12.0 Å². The summed E-state index contributed by atoms with van der Waals surface area (Å²) in [5.74, 6) is -0.0474. The van der Waals surface area contributed by atoms with E-state index < -0.39 is 0 Å². The molecule has 1 aliphatic carbocycles. The molecule has 0 spiro atoms. The molecule has 0 bridgehead atoms. The van der Waals surface area contributed by atoms with Gasteiger partial charge in [-0.15, -0.1) is 0 Å². The Hall–Kier alpha value is -1.68. The summed E-state index contributed by atoms with van der Waals surface area (Å²) in [7, 11) is 0. The molecule has 4 heteroatoms. The number of aromatic nitrogens is 1. The summed E-state index contributed by atoms with van der Waals surface area (Å²) in [5, 5.41) is 3.08. The molecule has 1 aliphatic rings. The maximum atomic E-state index is 12.3. The third-order valence-corrected chi connectivity index (χ3v) is 5.00. The number of carbonyl (C=O) groups is 1. The molecule has 0 atom stereocenters. The van der Waals surface area contributed by atoms with E-state index in [0.717, 1.165) is 23.0 Å². The number of halogens is 1. The number of benzene rings is 1. The first-order valence-electron chi connectivity index (χ1n) is 7.56. The Balaban J connectivity index is 1.71. The monoisotopic (exact) mass is 358 g/mol. The van der Waals surface area contributed by atoms with Gasteiger partial charge < -0.3 is 5.32 Å². The van der Waals surface area contributed by atoms with Gasteiger partial charge in [0.25, 0.3) is 5.91 Å². The summed E-state index contributed by atoms with van der Waals surface area (Å²) in [6.07, 6.45) is 5.09. The van der Waals surface area contributed by atoms with Gasteiger partial charge in [-0.1, -0.05) is 34.5 Å². The molecule has 2 aromatic rings. The number of hydrogen-bond donors (Lipinski definition) is 1. The Bertz CT molecular complexity index is 678. The zero-order valence-electron chi connectivity index (χ0n) is 12.6. The van der Waals surface area contributed by atoms with Crippen LogP contribution in [0.1, 0.15) is 40.9 Å². The highest BCUT2D eigenvalue weighted by Gasteiger charge is 2.38. The quantitative estimate of drug-likeness (QED) is 0.897. The Kier molecular flexibility index (Phi) is 4.30. The maximum absolute atomic E-state index is 12.3. The lowest BCUT2D eigenvalue weighted by molar-refractivity contribution is 0.0927. The maximum Gasteiger partial charge on any atom is 0.252 e. The molecular formula is C18H19BrN2O. The lowest BCUT2D eigenvalue weighted by Crippen LogP contribution is -2.45.